The maximum absolute atomic E-state index is 11.9. The Morgan fingerprint density at radius 1 is 0.708 bits per heavy atom. The lowest BCUT2D eigenvalue weighted by Crippen LogP contribution is -2.45. The van der Waals surface area contributed by atoms with Gasteiger partial charge in [0.25, 0.3) is 0 Å². The standard InChI is InChI=1S/C10H10F6N2O6/c1-3(23-7(21)17-5(19)9(11,12)13)4(2)24-8(22)18-6(20)10(14,15)16/h3-4H,1-2H3,(H,17,19,21)(H,18,20,22)/t3-,4+. The van der Waals surface area contributed by atoms with Crippen LogP contribution in [0.4, 0.5) is 35.9 Å². The van der Waals surface area contributed by atoms with Crippen LogP contribution >= 0.6 is 0 Å². The molecular weight excluding hydrogens is 358 g/mol. The Morgan fingerprint density at radius 3 is 1.17 bits per heavy atom. The van der Waals surface area contributed by atoms with Gasteiger partial charge in [-0.15, -0.1) is 0 Å². The number of halogens is 6. The lowest BCUT2D eigenvalue weighted by atomic mass is 10.2. The minimum atomic E-state index is -5.35. The smallest absolute Gasteiger partial charge is 0.442 e. The van der Waals surface area contributed by atoms with Crippen LogP contribution in [0, 0.1) is 0 Å². The van der Waals surface area contributed by atoms with E-state index in [0.717, 1.165) is 24.5 Å². The number of carbonyl (C=O) groups excluding carboxylic acids is 4. The molecule has 0 radical (unpaired) electrons. The Hall–Kier alpha value is -2.54. The fraction of sp³-hybridized carbons (Fsp3) is 0.600. The normalized spacial score (nSPS) is 14.2. The minimum absolute atomic E-state index is 0.827. The molecule has 4 amide bonds. The number of nitrogens with one attached hydrogen (secondary N) is 2. The highest BCUT2D eigenvalue weighted by molar-refractivity contribution is 5.95. The highest BCUT2D eigenvalue weighted by Crippen LogP contribution is 2.15. The lowest BCUT2D eigenvalue weighted by molar-refractivity contribution is -0.173. The van der Waals surface area contributed by atoms with E-state index in [1.165, 1.54) is 0 Å². The monoisotopic (exact) mass is 368 g/mol. The number of ether oxygens (including phenoxy) is 2. The van der Waals surface area contributed by atoms with E-state index in [2.05, 4.69) is 9.47 Å². The number of hydrogen-bond acceptors (Lipinski definition) is 6. The first kappa shape index (κ1) is 21.5. The molecule has 0 fully saturated rings. The van der Waals surface area contributed by atoms with Gasteiger partial charge >= 0.3 is 36.4 Å². The van der Waals surface area contributed by atoms with Crippen LogP contribution in [0.15, 0.2) is 0 Å². The van der Waals surface area contributed by atoms with E-state index in [9.17, 15) is 45.5 Å². The van der Waals surface area contributed by atoms with Gasteiger partial charge in [-0.1, -0.05) is 0 Å². The Bertz CT molecular complexity index is 471. The van der Waals surface area contributed by atoms with E-state index >= 15 is 0 Å². The predicted octanol–water partition coefficient (Wildman–Crippen LogP) is 1.39. The molecule has 0 saturated heterocycles. The van der Waals surface area contributed by atoms with Crippen LogP contribution in [0.3, 0.4) is 0 Å². The van der Waals surface area contributed by atoms with Crippen LogP contribution in [0.2, 0.25) is 0 Å². The van der Waals surface area contributed by atoms with Crippen molar-refractivity contribution in [2.45, 2.75) is 38.4 Å². The number of amides is 4. The number of imide groups is 2. The lowest BCUT2D eigenvalue weighted by Gasteiger charge is -2.20. The fourth-order valence-corrected chi connectivity index (χ4v) is 0.915. The fourth-order valence-electron chi connectivity index (χ4n) is 0.915. The van der Waals surface area contributed by atoms with Gasteiger partial charge in [-0.2, -0.15) is 26.3 Å². The summed E-state index contributed by atoms with van der Waals surface area (Å²) in [6, 6.07) is 0. The van der Waals surface area contributed by atoms with Crippen molar-refractivity contribution >= 4 is 24.0 Å². The maximum atomic E-state index is 11.9. The Kier molecular flexibility index (Phi) is 7.00. The molecular formula is C10H10F6N2O6. The average molecular weight is 368 g/mol. The van der Waals surface area contributed by atoms with Crippen molar-refractivity contribution in [3.8, 4) is 0 Å². The molecule has 0 aromatic heterocycles. The molecule has 0 aromatic rings. The zero-order valence-corrected chi connectivity index (χ0v) is 11.9. The molecule has 138 valence electrons. The zero-order chi connectivity index (χ0) is 19.3. The summed E-state index contributed by atoms with van der Waals surface area (Å²) in [4.78, 5) is 42.9. The molecule has 2 N–H and O–H groups in total. The highest BCUT2D eigenvalue weighted by atomic mass is 19.4. The van der Waals surface area contributed by atoms with Gasteiger partial charge in [0.05, 0.1) is 0 Å². The van der Waals surface area contributed by atoms with Gasteiger partial charge in [0, 0.05) is 0 Å². The molecule has 0 aliphatic rings. The highest BCUT2D eigenvalue weighted by Gasteiger charge is 2.41. The molecule has 0 bridgehead atoms. The number of rotatable bonds is 3. The van der Waals surface area contributed by atoms with Crippen molar-refractivity contribution in [3.63, 3.8) is 0 Å². The molecule has 0 saturated carbocycles. The minimum Gasteiger partial charge on any atom is -0.442 e. The second kappa shape index (κ2) is 7.83. The zero-order valence-electron chi connectivity index (χ0n) is 11.9. The van der Waals surface area contributed by atoms with Crippen LogP contribution in [-0.4, -0.2) is 48.6 Å². The van der Waals surface area contributed by atoms with Gasteiger partial charge in [-0.3, -0.25) is 20.2 Å². The number of hydrogen-bond donors (Lipinski definition) is 2. The first-order valence-electron chi connectivity index (χ1n) is 5.82. The van der Waals surface area contributed by atoms with E-state index in [4.69, 9.17) is 0 Å². The third kappa shape index (κ3) is 7.64. The summed E-state index contributed by atoms with van der Waals surface area (Å²) in [5, 5.41) is 1.65. The number of alkyl carbamates (subject to hydrolysis) is 2. The Balaban J connectivity index is 4.45. The third-order valence-electron chi connectivity index (χ3n) is 2.19. The van der Waals surface area contributed by atoms with E-state index in [-0.39, 0.29) is 0 Å². The summed E-state index contributed by atoms with van der Waals surface area (Å²) < 4.78 is 79.8. The molecule has 0 unspecified atom stereocenters. The Morgan fingerprint density at radius 2 is 0.958 bits per heavy atom. The maximum Gasteiger partial charge on any atom is 0.471 e. The summed E-state index contributed by atoms with van der Waals surface area (Å²) in [5.74, 6) is -5.22. The molecule has 0 aromatic carbocycles. The van der Waals surface area contributed by atoms with Gasteiger partial charge < -0.3 is 9.47 Å². The second-order valence-corrected chi connectivity index (χ2v) is 4.12. The average Bonchev–Trinajstić information content (AvgIpc) is 2.35. The van der Waals surface area contributed by atoms with Crippen LogP contribution < -0.4 is 10.6 Å². The van der Waals surface area contributed by atoms with Gasteiger partial charge in [-0.25, -0.2) is 9.59 Å². The predicted molar refractivity (Wildman–Crippen MR) is 60.3 cm³/mol. The van der Waals surface area contributed by atoms with Gasteiger partial charge in [-0.05, 0) is 13.8 Å². The molecule has 24 heavy (non-hydrogen) atoms. The van der Waals surface area contributed by atoms with Crippen molar-refractivity contribution in [3.05, 3.63) is 0 Å². The molecule has 0 aliphatic heterocycles. The number of alkyl halides is 6. The van der Waals surface area contributed by atoms with Crippen molar-refractivity contribution < 1.29 is 55.0 Å². The summed E-state index contributed by atoms with van der Waals surface area (Å²) in [5.41, 5.74) is 0. The van der Waals surface area contributed by atoms with E-state index in [1.54, 1.807) is 0 Å². The van der Waals surface area contributed by atoms with E-state index in [1.807, 2.05) is 0 Å². The van der Waals surface area contributed by atoms with Crippen molar-refractivity contribution in [1.82, 2.24) is 10.6 Å². The van der Waals surface area contributed by atoms with Gasteiger partial charge in [0.15, 0.2) is 0 Å². The van der Waals surface area contributed by atoms with Crippen molar-refractivity contribution in [1.29, 1.82) is 0 Å². The molecule has 0 heterocycles. The largest absolute Gasteiger partial charge is 0.471 e. The van der Waals surface area contributed by atoms with Crippen LogP contribution in [0.1, 0.15) is 13.8 Å². The summed E-state index contributed by atoms with van der Waals surface area (Å²) in [6.45, 7) is 2.00. The van der Waals surface area contributed by atoms with Crippen molar-refractivity contribution in [2.24, 2.45) is 0 Å². The summed E-state index contributed by atoms with van der Waals surface area (Å²) in [7, 11) is 0. The molecule has 0 spiro atoms. The first-order valence-corrected chi connectivity index (χ1v) is 5.82. The molecule has 8 nitrogen and oxygen atoms in total. The van der Waals surface area contributed by atoms with Crippen LogP contribution in [-0.2, 0) is 19.1 Å². The van der Waals surface area contributed by atoms with Gasteiger partial charge in [0.2, 0.25) is 0 Å². The van der Waals surface area contributed by atoms with Crippen LogP contribution in [0.25, 0.3) is 0 Å². The number of carbonyl (C=O) groups is 4. The van der Waals surface area contributed by atoms with Crippen LogP contribution in [0.5, 0.6) is 0 Å². The first-order chi connectivity index (χ1) is 10.6. The van der Waals surface area contributed by atoms with E-state index < -0.39 is 48.6 Å². The summed E-state index contributed by atoms with van der Waals surface area (Å²) >= 11 is 0. The van der Waals surface area contributed by atoms with Crippen molar-refractivity contribution in [2.75, 3.05) is 0 Å². The third-order valence-corrected chi connectivity index (χ3v) is 2.19. The van der Waals surface area contributed by atoms with E-state index in [0.29, 0.717) is 0 Å². The Labute approximate surface area is 129 Å². The summed E-state index contributed by atoms with van der Waals surface area (Å²) in [6.07, 6.45) is -17.3. The molecule has 0 aliphatic carbocycles. The molecule has 14 heteroatoms. The SMILES string of the molecule is C[C@H](OC(=O)NC(=O)C(F)(F)F)[C@@H](C)OC(=O)NC(=O)C(F)(F)F. The second-order valence-electron chi connectivity index (χ2n) is 4.12. The topological polar surface area (TPSA) is 111 Å². The molecule has 2 atom stereocenters. The quantitative estimate of drug-likeness (QED) is 0.729. The molecule has 0 rings (SSSR count). The van der Waals surface area contributed by atoms with Gasteiger partial charge in [0.1, 0.15) is 12.2 Å².